The molecule has 0 radical (unpaired) electrons. The van der Waals surface area contributed by atoms with E-state index in [1.807, 2.05) is 31.2 Å². The van der Waals surface area contributed by atoms with Crippen LogP contribution in [0.15, 0.2) is 47.1 Å². The molecule has 1 atom stereocenters. The lowest BCUT2D eigenvalue weighted by Gasteiger charge is -2.14. The molecule has 19 heavy (non-hydrogen) atoms. The normalized spacial score (nSPS) is 11.9. The number of rotatable bonds is 3. The molecule has 0 unspecified atom stereocenters. The van der Waals surface area contributed by atoms with E-state index in [1.54, 1.807) is 0 Å². The second-order valence-corrected chi connectivity index (χ2v) is 5.03. The van der Waals surface area contributed by atoms with Gasteiger partial charge >= 0.3 is 0 Å². The molecule has 2 rings (SSSR count). The van der Waals surface area contributed by atoms with Gasteiger partial charge in [-0.1, -0.05) is 28.1 Å². The number of nitrogens with zero attached hydrogens (tertiary/aromatic N) is 1. The van der Waals surface area contributed by atoms with Crippen LogP contribution in [-0.4, -0.2) is 10.9 Å². The zero-order chi connectivity index (χ0) is 13.8. The van der Waals surface area contributed by atoms with Crippen molar-refractivity contribution in [2.24, 2.45) is 0 Å². The maximum Gasteiger partial charge on any atom is 0.251 e. The minimum Gasteiger partial charge on any atom is -0.346 e. The molecule has 1 N–H and O–H groups in total. The van der Waals surface area contributed by atoms with Gasteiger partial charge in [0.2, 0.25) is 5.95 Å². The molecule has 0 aliphatic heterocycles. The van der Waals surface area contributed by atoms with Crippen molar-refractivity contribution in [3.63, 3.8) is 0 Å². The van der Waals surface area contributed by atoms with E-state index in [2.05, 4.69) is 26.2 Å². The Bertz CT molecular complexity index is 586. The zero-order valence-corrected chi connectivity index (χ0v) is 11.8. The molecule has 98 valence electrons. The summed E-state index contributed by atoms with van der Waals surface area (Å²) < 4.78 is 13.9. The molecule has 0 spiro atoms. The highest BCUT2D eigenvalue weighted by atomic mass is 79.9. The van der Waals surface area contributed by atoms with E-state index in [9.17, 15) is 9.18 Å². The van der Waals surface area contributed by atoms with Gasteiger partial charge in [-0.15, -0.1) is 0 Å². The van der Waals surface area contributed by atoms with Crippen molar-refractivity contribution in [1.82, 2.24) is 10.3 Å². The van der Waals surface area contributed by atoms with Crippen molar-refractivity contribution >= 4 is 21.8 Å². The van der Waals surface area contributed by atoms with E-state index in [0.29, 0.717) is 0 Å². The quantitative estimate of drug-likeness (QED) is 0.879. The topological polar surface area (TPSA) is 42.0 Å². The standard InChI is InChI=1S/C14H12BrFN2O/c1-9(10-2-4-12(15)5-3-10)18-14(19)11-6-7-17-13(16)8-11/h2-9H,1H3,(H,18,19)/t9-/m1/s1. The summed E-state index contributed by atoms with van der Waals surface area (Å²) in [5, 5.41) is 2.81. The first-order valence-electron chi connectivity index (χ1n) is 5.74. The van der Waals surface area contributed by atoms with Crippen molar-refractivity contribution in [2.45, 2.75) is 13.0 Å². The molecular weight excluding hydrogens is 311 g/mol. The van der Waals surface area contributed by atoms with Crippen molar-refractivity contribution in [3.05, 3.63) is 64.1 Å². The Morgan fingerprint density at radius 1 is 1.32 bits per heavy atom. The number of hydrogen-bond donors (Lipinski definition) is 1. The summed E-state index contributed by atoms with van der Waals surface area (Å²) in [6.45, 7) is 1.87. The number of halogens is 2. The van der Waals surface area contributed by atoms with Crippen LogP contribution >= 0.6 is 15.9 Å². The first-order chi connectivity index (χ1) is 9.06. The number of carbonyl (C=O) groups is 1. The van der Waals surface area contributed by atoms with Gasteiger partial charge in [0.1, 0.15) is 0 Å². The van der Waals surface area contributed by atoms with Crippen molar-refractivity contribution in [3.8, 4) is 0 Å². The molecule has 0 saturated heterocycles. The lowest BCUT2D eigenvalue weighted by Crippen LogP contribution is -2.26. The molecule has 1 amide bonds. The molecule has 0 aliphatic rings. The van der Waals surface area contributed by atoms with Crippen LogP contribution < -0.4 is 5.32 Å². The number of nitrogens with one attached hydrogen (secondary N) is 1. The van der Waals surface area contributed by atoms with Crippen LogP contribution in [-0.2, 0) is 0 Å². The summed E-state index contributed by atoms with van der Waals surface area (Å²) in [4.78, 5) is 15.4. The SMILES string of the molecule is C[C@@H](NC(=O)c1ccnc(F)c1)c1ccc(Br)cc1. The van der Waals surface area contributed by atoms with Crippen LogP contribution in [0.2, 0.25) is 0 Å². The van der Waals surface area contributed by atoms with Crippen LogP contribution in [0.4, 0.5) is 4.39 Å². The summed E-state index contributed by atoms with van der Waals surface area (Å²) in [6.07, 6.45) is 1.27. The first kappa shape index (κ1) is 13.7. The fraction of sp³-hybridized carbons (Fsp3) is 0.143. The first-order valence-corrected chi connectivity index (χ1v) is 6.53. The number of amides is 1. The summed E-state index contributed by atoms with van der Waals surface area (Å²) in [7, 11) is 0. The second kappa shape index (κ2) is 5.93. The second-order valence-electron chi connectivity index (χ2n) is 4.11. The van der Waals surface area contributed by atoms with Gasteiger partial charge < -0.3 is 5.32 Å². The Labute approximate surface area is 119 Å². The highest BCUT2D eigenvalue weighted by Gasteiger charge is 2.12. The van der Waals surface area contributed by atoms with Crippen molar-refractivity contribution in [1.29, 1.82) is 0 Å². The van der Waals surface area contributed by atoms with E-state index in [1.165, 1.54) is 12.3 Å². The van der Waals surface area contributed by atoms with Crippen LogP contribution in [0.1, 0.15) is 28.9 Å². The summed E-state index contributed by atoms with van der Waals surface area (Å²) in [5.74, 6) is -0.985. The third-order valence-corrected chi connectivity index (χ3v) is 3.24. The fourth-order valence-corrected chi connectivity index (χ4v) is 1.92. The van der Waals surface area contributed by atoms with Crippen LogP contribution in [0.25, 0.3) is 0 Å². The van der Waals surface area contributed by atoms with Gasteiger partial charge in [-0.25, -0.2) is 4.98 Å². The number of carbonyl (C=O) groups excluding carboxylic acids is 1. The fourth-order valence-electron chi connectivity index (χ4n) is 1.66. The number of benzene rings is 1. The van der Waals surface area contributed by atoms with Gasteiger partial charge in [0, 0.05) is 22.3 Å². The summed E-state index contributed by atoms with van der Waals surface area (Å²) in [5.41, 5.74) is 1.24. The molecule has 1 aromatic carbocycles. The Balaban J connectivity index is 2.08. The highest BCUT2D eigenvalue weighted by molar-refractivity contribution is 9.10. The maximum absolute atomic E-state index is 12.9. The minimum absolute atomic E-state index is 0.156. The molecule has 0 aliphatic carbocycles. The van der Waals surface area contributed by atoms with Gasteiger partial charge in [0.05, 0.1) is 6.04 Å². The van der Waals surface area contributed by atoms with Gasteiger partial charge in [-0.05, 0) is 30.7 Å². The summed E-state index contributed by atoms with van der Waals surface area (Å²) >= 11 is 3.35. The smallest absolute Gasteiger partial charge is 0.251 e. The largest absolute Gasteiger partial charge is 0.346 e. The van der Waals surface area contributed by atoms with Crippen molar-refractivity contribution < 1.29 is 9.18 Å². The van der Waals surface area contributed by atoms with E-state index >= 15 is 0 Å². The van der Waals surface area contributed by atoms with E-state index in [-0.39, 0.29) is 17.5 Å². The Kier molecular flexibility index (Phi) is 4.27. The highest BCUT2D eigenvalue weighted by Crippen LogP contribution is 2.17. The van der Waals surface area contributed by atoms with E-state index < -0.39 is 5.95 Å². The molecule has 3 nitrogen and oxygen atoms in total. The third-order valence-electron chi connectivity index (χ3n) is 2.71. The molecular formula is C14H12BrFN2O. The monoisotopic (exact) mass is 322 g/mol. The van der Waals surface area contributed by atoms with Crippen LogP contribution in [0.5, 0.6) is 0 Å². The molecule has 0 bridgehead atoms. The maximum atomic E-state index is 12.9. The Morgan fingerprint density at radius 3 is 2.63 bits per heavy atom. The predicted molar refractivity (Wildman–Crippen MR) is 74.2 cm³/mol. The van der Waals surface area contributed by atoms with E-state index in [4.69, 9.17) is 0 Å². The van der Waals surface area contributed by atoms with Gasteiger partial charge in [-0.2, -0.15) is 4.39 Å². The van der Waals surface area contributed by atoms with Crippen molar-refractivity contribution in [2.75, 3.05) is 0 Å². The number of hydrogen-bond acceptors (Lipinski definition) is 2. The lowest BCUT2D eigenvalue weighted by atomic mass is 10.1. The lowest BCUT2D eigenvalue weighted by molar-refractivity contribution is 0.0939. The number of pyridine rings is 1. The molecule has 1 heterocycles. The van der Waals surface area contributed by atoms with Gasteiger partial charge in [-0.3, -0.25) is 4.79 Å². The van der Waals surface area contributed by atoms with Crippen LogP contribution in [0, 0.1) is 5.95 Å². The Hall–Kier alpha value is -1.75. The van der Waals surface area contributed by atoms with Gasteiger partial charge in [0.15, 0.2) is 0 Å². The Morgan fingerprint density at radius 2 is 2.00 bits per heavy atom. The molecule has 1 aromatic heterocycles. The third kappa shape index (κ3) is 3.61. The van der Waals surface area contributed by atoms with Crippen LogP contribution in [0.3, 0.4) is 0 Å². The molecule has 0 fully saturated rings. The summed E-state index contributed by atoms with van der Waals surface area (Å²) in [6, 6.07) is 10.1. The minimum atomic E-state index is -0.663. The van der Waals surface area contributed by atoms with Gasteiger partial charge in [0.25, 0.3) is 5.91 Å². The molecule has 0 saturated carbocycles. The molecule has 5 heteroatoms. The number of aromatic nitrogens is 1. The average Bonchev–Trinajstić information content (AvgIpc) is 2.39. The molecule has 2 aromatic rings. The zero-order valence-electron chi connectivity index (χ0n) is 10.2. The average molecular weight is 323 g/mol. The van der Waals surface area contributed by atoms with E-state index in [0.717, 1.165) is 16.1 Å². The predicted octanol–water partition coefficient (Wildman–Crippen LogP) is 3.47.